The van der Waals surface area contributed by atoms with Crippen molar-refractivity contribution >= 4 is 22.4 Å². The molecule has 1 aliphatic carbocycles. The van der Waals surface area contributed by atoms with Crippen LogP contribution >= 0.6 is 11.3 Å². The molecular weight excluding hydrogens is 308 g/mol. The van der Waals surface area contributed by atoms with Gasteiger partial charge in [0.1, 0.15) is 5.75 Å². The highest BCUT2D eigenvalue weighted by molar-refractivity contribution is 7.15. The van der Waals surface area contributed by atoms with E-state index in [1.165, 1.54) is 11.3 Å². The van der Waals surface area contributed by atoms with E-state index < -0.39 is 0 Å². The summed E-state index contributed by atoms with van der Waals surface area (Å²) in [5.41, 5.74) is 1.77. The van der Waals surface area contributed by atoms with E-state index in [4.69, 9.17) is 4.74 Å². The zero-order valence-corrected chi connectivity index (χ0v) is 14.6. The molecule has 0 bridgehead atoms. The third-order valence-electron chi connectivity index (χ3n) is 3.89. The third kappa shape index (κ3) is 3.91. The molecule has 23 heavy (non-hydrogen) atoms. The van der Waals surface area contributed by atoms with E-state index in [1.807, 2.05) is 26.0 Å². The van der Waals surface area contributed by atoms with Crippen molar-refractivity contribution in [3.63, 3.8) is 0 Å². The number of amides is 1. The number of rotatable bonds is 4. The van der Waals surface area contributed by atoms with Crippen LogP contribution in [-0.4, -0.2) is 17.0 Å². The number of benzene rings is 1. The van der Waals surface area contributed by atoms with E-state index >= 15 is 0 Å². The number of anilines is 1. The number of hydrogen-bond donors (Lipinski definition) is 1. The maximum atomic E-state index is 12.3. The zero-order valence-electron chi connectivity index (χ0n) is 13.8. The molecule has 5 heteroatoms. The van der Waals surface area contributed by atoms with Gasteiger partial charge in [-0.05, 0) is 63.3 Å². The van der Waals surface area contributed by atoms with Gasteiger partial charge >= 0.3 is 0 Å². The highest BCUT2D eigenvalue weighted by Gasteiger charge is 2.20. The molecule has 0 unspecified atom stereocenters. The molecule has 1 aromatic heterocycles. The van der Waals surface area contributed by atoms with Gasteiger partial charge in [-0.15, -0.1) is 11.3 Å². The lowest BCUT2D eigenvalue weighted by atomic mass is 9.93. The Morgan fingerprint density at radius 1 is 1.35 bits per heavy atom. The van der Waals surface area contributed by atoms with E-state index in [1.54, 1.807) is 23.5 Å². The molecule has 1 heterocycles. The number of hydrogen-bond acceptors (Lipinski definition) is 4. The van der Waals surface area contributed by atoms with Gasteiger partial charge in [-0.3, -0.25) is 10.1 Å². The van der Waals surface area contributed by atoms with Gasteiger partial charge in [0.15, 0.2) is 5.13 Å². The lowest BCUT2D eigenvalue weighted by molar-refractivity contribution is 0.102. The number of carbonyl (C=O) groups excluding carboxylic acids is 1. The van der Waals surface area contributed by atoms with Gasteiger partial charge in [-0.25, -0.2) is 4.98 Å². The molecule has 1 aromatic carbocycles. The van der Waals surface area contributed by atoms with Crippen LogP contribution < -0.4 is 10.1 Å². The standard InChI is InChI=1S/C18H22N2O2S/c1-11(2)22-14-7-5-13(6-8-14)17(21)20-18-19-15-9-4-12(3)10-16(15)23-18/h5-8,11-12H,4,9-10H2,1-3H3,(H,19,20,21)/t12-/m0/s1. The Morgan fingerprint density at radius 2 is 2.09 bits per heavy atom. The van der Waals surface area contributed by atoms with Gasteiger partial charge in [0.05, 0.1) is 11.8 Å². The molecular formula is C18H22N2O2S. The molecule has 0 saturated heterocycles. The molecule has 122 valence electrons. The van der Waals surface area contributed by atoms with Gasteiger partial charge in [0.25, 0.3) is 5.91 Å². The van der Waals surface area contributed by atoms with Crippen molar-refractivity contribution in [2.75, 3.05) is 5.32 Å². The minimum Gasteiger partial charge on any atom is -0.491 e. The first-order valence-corrected chi connectivity index (χ1v) is 8.89. The average Bonchev–Trinajstić information content (AvgIpc) is 2.88. The Bertz CT molecular complexity index is 692. The van der Waals surface area contributed by atoms with Crippen LogP contribution in [0.4, 0.5) is 5.13 Å². The van der Waals surface area contributed by atoms with Gasteiger partial charge in [0, 0.05) is 10.4 Å². The molecule has 0 saturated carbocycles. The molecule has 1 amide bonds. The van der Waals surface area contributed by atoms with Crippen LogP contribution in [0.2, 0.25) is 0 Å². The van der Waals surface area contributed by atoms with Crippen molar-refractivity contribution in [1.29, 1.82) is 0 Å². The van der Waals surface area contributed by atoms with Crippen molar-refractivity contribution in [2.45, 2.75) is 46.1 Å². The fraction of sp³-hybridized carbons (Fsp3) is 0.444. The van der Waals surface area contributed by atoms with E-state index in [2.05, 4.69) is 17.2 Å². The van der Waals surface area contributed by atoms with Crippen LogP contribution in [0.5, 0.6) is 5.75 Å². The van der Waals surface area contributed by atoms with Crippen LogP contribution in [0.25, 0.3) is 0 Å². The number of carbonyl (C=O) groups is 1. The topological polar surface area (TPSA) is 51.2 Å². The van der Waals surface area contributed by atoms with Gasteiger partial charge in [-0.2, -0.15) is 0 Å². The number of thiazole rings is 1. The molecule has 0 aliphatic heterocycles. The Hall–Kier alpha value is -1.88. The van der Waals surface area contributed by atoms with Crippen LogP contribution in [-0.2, 0) is 12.8 Å². The summed E-state index contributed by atoms with van der Waals surface area (Å²) < 4.78 is 5.59. The maximum absolute atomic E-state index is 12.3. The molecule has 1 atom stereocenters. The van der Waals surface area contributed by atoms with E-state index in [-0.39, 0.29) is 12.0 Å². The molecule has 1 N–H and O–H groups in total. The summed E-state index contributed by atoms with van der Waals surface area (Å²) in [6.07, 6.45) is 3.40. The summed E-state index contributed by atoms with van der Waals surface area (Å²) in [4.78, 5) is 18.2. The summed E-state index contributed by atoms with van der Waals surface area (Å²) in [5, 5.41) is 3.62. The van der Waals surface area contributed by atoms with Crippen molar-refractivity contribution in [2.24, 2.45) is 5.92 Å². The van der Waals surface area contributed by atoms with Crippen LogP contribution in [0.15, 0.2) is 24.3 Å². The highest BCUT2D eigenvalue weighted by atomic mass is 32.1. The minimum atomic E-state index is -0.125. The Kier molecular flexibility index (Phi) is 4.66. The number of fused-ring (bicyclic) bond motifs is 1. The number of aryl methyl sites for hydroxylation is 1. The second-order valence-corrected chi connectivity index (χ2v) is 7.47. The number of aromatic nitrogens is 1. The first kappa shape index (κ1) is 16.0. The SMILES string of the molecule is CC(C)Oc1ccc(C(=O)Nc2nc3c(s2)C[C@@H](C)CC3)cc1. The quantitative estimate of drug-likeness (QED) is 0.909. The summed E-state index contributed by atoms with van der Waals surface area (Å²) in [6.45, 7) is 6.22. The fourth-order valence-corrected chi connectivity index (χ4v) is 3.89. The molecule has 1 aliphatic rings. The number of nitrogens with zero attached hydrogens (tertiary/aromatic N) is 1. The largest absolute Gasteiger partial charge is 0.491 e. The maximum Gasteiger partial charge on any atom is 0.257 e. The summed E-state index contributed by atoms with van der Waals surface area (Å²) in [6, 6.07) is 7.21. The second kappa shape index (κ2) is 6.71. The smallest absolute Gasteiger partial charge is 0.257 e. The third-order valence-corrected chi connectivity index (χ3v) is 4.93. The normalized spacial score (nSPS) is 17.0. The summed E-state index contributed by atoms with van der Waals surface area (Å²) in [5.74, 6) is 1.36. The molecule has 2 aromatic rings. The van der Waals surface area contributed by atoms with Crippen molar-refractivity contribution in [3.8, 4) is 5.75 Å². The lowest BCUT2D eigenvalue weighted by Gasteiger charge is -2.15. The van der Waals surface area contributed by atoms with Crippen molar-refractivity contribution in [3.05, 3.63) is 40.4 Å². The van der Waals surface area contributed by atoms with Crippen LogP contribution in [0, 0.1) is 5.92 Å². The molecule has 0 radical (unpaired) electrons. The second-order valence-electron chi connectivity index (χ2n) is 6.38. The number of nitrogens with one attached hydrogen (secondary N) is 1. The van der Waals surface area contributed by atoms with Gasteiger partial charge < -0.3 is 4.74 Å². The first-order chi connectivity index (χ1) is 11.0. The molecule has 0 spiro atoms. The van der Waals surface area contributed by atoms with Crippen molar-refractivity contribution in [1.82, 2.24) is 4.98 Å². The molecule has 3 rings (SSSR count). The van der Waals surface area contributed by atoms with Gasteiger partial charge in [0.2, 0.25) is 0 Å². The Labute approximate surface area is 140 Å². The van der Waals surface area contributed by atoms with E-state index in [0.717, 1.165) is 24.3 Å². The molecule has 0 fully saturated rings. The lowest BCUT2D eigenvalue weighted by Crippen LogP contribution is -2.12. The summed E-state index contributed by atoms with van der Waals surface area (Å²) >= 11 is 1.61. The Balaban J connectivity index is 1.67. The average molecular weight is 330 g/mol. The van der Waals surface area contributed by atoms with Crippen LogP contribution in [0.1, 0.15) is 48.1 Å². The first-order valence-electron chi connectivity index (χ1n) is 8.08. The monoisotopic (exact) mass is 330 g/mol. The zero-order chi connectivity index (χ0) is 16.4. The van der Waals surface area contributed by atoms with Crippen LogP contribution in [0.3, 0.4) is 0 Å². The van der Waals surface area contributed by atoms with Gasteiger partial charge in [-0.1, -0.05) is 6.92 Å². The number of ether oxygens (including phenoxy) is 1. The van der Waals surface area contributed by atoms with Crippen molar-refractivity contribution < 1.29 is 9.53 Å². The van der Waals surface area contributed by atoms with E-state index in [0.29, 0.717) is 16.6 Å². The Morgan fingerprint density at radius 3 is 2.78 bits per heavy atom. The summed E-state index contributed by atoms with van der Waals surface area (Å²) in [7, 11) is 0. The fourth-order valence-electron chi connectivity index (χ4n) is 2.72. The predicted molar refractivity (Wildman–Crippen MR) is 93.5 cm³/mol. The van der Waals surface area contributed by atoms with E-state index in [9.17, 15) is 4.79 Å². The predicted octanol–water partition coefficient (Wildman–Crippen LogP) is 4.31. The minimum absolute atomic E-state index is 0.124. The highest BCUT2D eigenvalue weighted by Crippen LogP contribution is 2.32. The molecule has 4 nitrogen and oxygen atoms in total.